The Balaban J connectivity index is 2.10. The molecule has 2 atom stereocenters. The zero-order valence-electron chi connectivity index (χ0n) is 10.3. The van der Waals surface area contributed by atoms with Gasteiger partial charge in [-0.15, -0.1) is 0 Å². The lowest BCUT2D eigenvalue weighted by Crippen LogP contribution is -2.29. The lowest BCUT2D eigenvalue weighted by Gasteiger charge is -2.13. The van der Waals surface area contributed by atoms with Gasteiger partial charge in [0.05, 0.1) is 0 Å². The van der Waals surface area contributed by atoms with E-state index in [1.54, 1.807) is 0 Å². The lowest BCUT2D eigenvalue weighted by atomic mass is 10.0. The normalized spacial score (nSPS) is 20.2. The van der Waals surface area contributed by atoms with Crippen LogP contribution in [0.1, 0.15) is 39.0 Å². The summed E-state index contributed by atoms with van der Waals surface area (Å²) in [4.78, 5) is 22.0. The number of allylic oxidation sites excluding steroid dienone is 2. The molecular formula is C13H21NO3. The maximum Gasteiger partial charge on any atom is 0.303 e. The zero-order valence-corrected chi connectivity index (χ0v) is 10.3. The second-order valence-electron chi connectivity index (χ2n) is 4.81. The Hall–Kier alpha value is -1.32. The number of hydrogen-bond donors (Lipinski definition) is 2. The highest BCUT2D eigenvalue weighted by atomic mass is 16.4. The quantitative estimate of drug-likeness (QED) is 0.667. The van der Waals surface area contributed by atoms with Gasteiger partial charge in [-0.3, -0.25) is 9.59 Å². The first kappa shape index (κ1) is 13.7. The number of amides is 1. The van der Waals surface area contributed by atoms with Gasteiger partial charge in [0.2, 0.25) is 5.91 Å². The molecule has 0 aliphatic heterocycles. The van der Waals surface area contributed by atoms with Crippen molar-refractivity contribution < 1.29 is 14.7 Å². The van der Waals surface area contributed by atoms with E-state index in [1.165, 1.54) is 0 Å². The summed E-state index contributed by atoms with van der Waals surface area (Å²) < 4.78 is 0. The van der Waals surface area contributed by atoms with Gasteiger partial charge < -0.3 is 10.4 Å². The molecule has 0 spiro atoms. The maximum atomic E-state index is 11.6. The SMILES string of the molecule is CC(CCC(=O)O)CNC(=O)CC1C=CCC1. The lowest BCUT2D eigenvalue weighted by molar-refractivity contribution is -0.137. The zero-order chi connectivity index (χ0) is 12.7. The number of carbonyl (C=O) groups excluding carboxylic acids is 1. The molecule has 4 nitrogen and oxygen atoms in total. The molecule has 0 saturated heterocycles. The molecule has 1 amide bonds. The summed E-state index contributed by atoms with van der Waals surface area (Å²) >= 11 is 0. The Labute approximate surface area is 102 Å². The first-order chi connectivity index (χ1) is 8.08. The van der Waals surface area contributed by atoms with Gasteiger partial charge in [-0.05, 0) is 31.1 Å². The highest BCUT2D eigenvalue weighted by molar-refractivity contribution is 5.76. The second kappa shape index (κ2) is 7.09. The van der Waals surface area contributed by atoms with E-state index >= 15 is 0 Å². The molecule has 0 aromatic heterocycles. The van der Waals surface area contributed by atoms with E-state index in [-0.39, 0.29) is 18.2 Å². The average Bonchev–Trinajstić information content (AvgIpc) is 2.76. The summed E-state index contributed by atoms with van der Waals surface area (Å²) in [6.07, 6.45) is 7.71. The Bertz CT molecular complexity index is 299. The van der Waals surface area contributed by atoms with Crippen molar-refractivity contribution in [1.29, 1.82) is 0 Å². The fraction of sp³-hybridized carbons (Fsp3) is 0.692. The minimum absolute atomic E-state index is 0.0729. The second-order valence-corrected chi connectivity index (χ2v) is 4.81. The summed E-state index contributed by atoms with van der Waals surface area (Å²) in [5.41, 5.74) is 0. The number of hydrogen-bond acceptors (Lipinski definition) is 2. The Morgan fingerprint density at radius 1 is 1.53 bits per heavy atom. The number of carbonyl (C=O) groups is 2. The van der Waals surface area contributed by atoms with Crippen molar-refractivity contribution in [2.24, 2.45) is 11.8 Å². The van der Waals surface area contributed by atoms with Gasteiger partial charge in [-0.2, -0.15) is 0 Å². The van der Waals surface area contributed by atoms with Crippen LogP contribution in [0.3, 0.4) is 0 Å². The molecule has 0 radical (unpaired) electrons. The smallest absolute Gasteiger partial charge is 0.303 e. The van der Waals surface area contributed by atoms with Gasteiger partial charge >= 0.3 is 5.97 Å². The van der Waals surface area contributed by atoms with E-state index in [0.717, 1.165) is 12.8 Å². The van der Waals surface area contributed by atoms with Crippen molar-refractivity contribution in [2.75, 3.05) is 6.54 Å². The van der Waals surface area contributed by atoms with Crippen LogP contribution >= 0.6 is 0 Å². The monoisotopic (exact) mass is 239 g/mol. The number of nitrogens with one attached hydrogen (secondary N) is 1. The van der Waals surface area contributed by atoms with E-state index in [2.05, 4.69) is 17.5 Å². The molecule has 96 valence electrons. The molecule has 0 fully saturated rings. The largest absolute Gasteiger partial charge is 0.481 e. The third-order valence-corrected chi connectivity index (χ3v) is 3.06. The van der Waals surface area contributed by atoms with Crippen LogP contribution in [0.15, 0.2) is 12.2 Å². The number of aliphatic carboxylic acids is 1. The van der Waals surface area contributed by atoms with Gasteiger partial charge in [0.15, 0.2) is 0 Å². The molecule has 1 aliphatic carbocycles. The van der Waals surface area contributed by atoms with Gasteiger partial charge in [0, 0.05) is 19.4 Å². The molecule has 2 unspecified atom stereocenters. The minimum Gasteiger partial charge on any atom is -0.481 e. The van der Waals surface area contributed by atoms with Gasteiger partial charge in [-0.1, -0.05) is 19.1 Å². The topological polar surface area (TPSA) is 66.4 Å². The average molecular weight is 239 g/mol. The summed E-state index contributed by atoms with van der Waals surface area (Å²) in [6.45, 7) is 2.53. The van der Waals surface area contributed by atoms with Crippen LogP contribution < -0.4 is 5.32 Å². The molecular weight excluding hydrogens is 218 g/mol. The Morgan fingerprint density at radius 3 is 2.88 bits per heavy atom. The molecule has 17 heavy (non-hydrogen) atoms. The summed E-state index contributed by atoms with van der Waals surface area (Å²) in [5.74, 6) is -0.0958. The molecule has 4 heteroatoms. The number of rotatable bonds is 7. The minimum atomic E-state index is -0.778. The fourth-order valence-electron chi connectivity index (χ4n) is 1.94. The third kappa shape index (κ3) is 6.09. The Kier molecular flexibility index (Phi) is 5.73. The molecule has 0 bridgehead atoms. The molecule has 0 aromatic carbocycles. The van der Waals surface area contributed by atoms with E-state index in [1.807, 2.05) is 6.92 Å². The van der Waals surface area contributed by atoms with Crippen LogP contribution in [0.4, 0.5) is 0 Å². The molecule has 1 rings (SSSR count). The third-order valence-electron chi connectivity index (χ3n) is 3.06. The van der Waals surface area contributed by atoms with Crippen LogP contribution in [0.25, 0.3) is 0 Å². The van der Waals surface area contributed by atoms with Crippen molar-refractivity contribution in [3.63, 3.8) is 0 Å². The van der Waals surface area contributed by atoms with E-state index < -0.39 is 5.97 Å². The van der Waals surface area contributed by atoms with E-state index in [4.69, 9.17) is 5.11 Å². The molecule has 1 aliphatic rings. The molecule has 0 heterocycles. The van der Waals surface area contributed by atoms with E-state index in [0.29, 0.717) is 25.3 Å². The predicted octanol–water partition coefficient (Wildman–Crippen LogP) is 1.96. The fourth-order valence-corrected chi connectivity index (χ4v) is 1.94. The van der Waals surface area contributed by atoms with Crippen molar-refractivity contribution in [3.05, 3.63) is 12.2 Å². The van der Waals surface area contributed by atoms with Gasteiger partial charge in [0.25, 0.3) is 0 Å². The summed E-state index contributed by atoms with van der Waals surface area (Å²) in [6, 6.07) is 0. The first-order valence-electron chi connectivity index (χ1n) is 6.23. The van der Waals surface area contributed by atoms with Crippen molar-refractivity contribution in [1.82, 2.24) is 5.32 Å². The standard InChI is InChI=1S/C13H21NO3/c1-10(6-7-13(16)17)9-14-12(15)8-11-4-2-3-5-11/h2,4,10-11H,3,5-9H2,1H3,(H,14,15)(H,16,17). The Morgan fingerprint density at radius 2 is 2.29 bits per heavy atom. The number of carboxylic acid groups (broad SMARTS) is 1. The number of carboxylic acids is 1. The van der Waals surface area contributed by atoms with Gasteiger partial charge in [0.1, 0.15) is 0 Å². The summed E-state index contributed by atoms with van der Waals surface area (Å²) in [5, 5.41) is 11.4. The molecule has 2 N–H and O–H groups in total. The highest BCUT2D eigenvalue weighted by Gasteiger charge is 2.14. The maximum absolute atomic E-state index is 11.6. The predicted molar refractivity (Wildman–Crippen MR) is 65.5 cm³/mol. The van der Waals surface area contributed by atoms with Crippen LogP contribution in [0, 0.1) is 11.8 Å². The summed E-state index contributed by atoms with van der Waals surface area (Å²) in [7, 11) is 0. The van der Waals surface area contributed by atoms with E-state index in [9.17, 15) is 9.59 Å². The van der Waals surface area contributed by atoms with Crippen molar-refractivity contribution >= 4 is 11.9 Å². The van der Waals surface area contributed by atoms with Crippen LogP contribution in [0.2, 0.25) is 0 Å². The van der Waals surface area contributed by atoms with Crippen LogP contribution in [0.5, 0.6) is 0 Å². The highest BCUT2D eigenvalue weighted by Crippen LogP contribution is 2.19. The first-order valence-corrected chi connectivity index (χ1v) is 6.23. The van der Waals surface area contributed by atoms with Crippen molar-refractivity contribution in [2.45, 2.75) is 39.0 Å². The molecule has 0 saturated carbocycles. The molecule has 0 aromatic rings. The van der Waals surface area contributed by atoms with Crippen LogP contribution in [-0.4, -0.2) is 23.5 Å². The van der Waals surface area contributed by atoms with Crippen molar-refractivity contribution in [3.8, 4) is 0 Å². The van der Waals surface area contributed by atoms with Gasteiger partial charge in [-0.25, -0.2) is 0 Å². The van der Waals surface area contributed by atoms with Crippen LogP contribution in [-0.2, 0) is 9.59 Å².